The van der Waals surface area contributed by atoms with E-state index in [4.69, 9.17) is 16.3 Å². The second-order valence-electron chi connectivity index (χ2n) is 10.8. The number of ether oxygens (including phenoxy) is 1. The molecule has 1 aliphatic rings. The Balaban J connectivity index is 1.73. The number of carbonyl (C=O) groups is 3. The van der Waals surface area contributed by atoms with E-state index < -0.39 is 29.6 Å². The van der Waals surface area contributed by atoms with E-state index in [9.17, 15) is 19.6 Å². The molecule has 0 radical (unpaired) electrons. The Hall–Kier alpha value is -3.10. The predicted molar refractivity (Wildman–Crippen MR) is 150 cm³/mol. The van der Waals surface area contributed by atoms with Crippen LogP contribution < -0.4 is 10.6 Å². The summed E-state index contributed by atoms with van der Waals surface area (Å²) in [4.78, 5) is 38.5. The van der Waals surface area contributed by atoms with Crippen LogP contribution in [-0.2, 0) is 19.7 Å². The van der Waals surface area contributed by atoms with Crippen LogP contribution in [0.2, 0.25) is 5.02 Å². The van der Waals surface area contributed by atoms with E-state index >= 15 is 0 Å². The van der Waals surface area contributed by atoms with Crippen molar-refractivity contribution in [3.8, 4) is 0 Å². The van der Waals surface area contributed by atoms with Crippen molar-refractivity contribution in [2.75, 3.05) is 6.54 Å². The number of unbranched alkanes of at least 4 members (excludes halogenated alkanes) is 1. The lowest BCUT2D eigenvalue weighted by atomic mass is 9.75. The van der Waals surface area contributed by atoms with E-state index in [0.29, 0.717) is 37.3 Å². The van der Waals surface area contributed by atoms with Gasteiger partial charge in [-0.05, 0) is 55.9 Å². The fraction of sp³-hybridized carbons (Fsp3) is 0.500. The average Bonchev–Trinajstić information content (AvgIpc) is 3.22. The standard InChI is InChI=1S/C30H40ClN3O5/c1-5-6-15-25(27(35)32-20(2)18-22-16-17-34(38)28(22)36)39-29(37)33-26(21-11-8-7-9-12-21)30(3,4)23-13-10-14-24(31)19-23/h7-14,19-20,22,25-26,38H,5-6,15-18H2,1-4H3,(H,32,35)(H,33,37)/t20-,22-,25-,26?/m0/s1. The van der Waals surface area contributed by atoms with Gasteiger partial charge in [0.2, 0.25) is 5.91 Å². The number of hydroxylamine groups is 2. The number of hydrogen-bond acceptors (Lipinski definition) is 5. The van der Waals surface area contributed by atoms with Crippen LogP contribution in [0.1, 0.15) is 77.0 Å². The first-order valence-corrected chi connectivity index (χ1v) is 14.0. The van der Waals surface area contributed by atoms with Crippen molar-refractivity contribution in [2.24, 2.45) is 5.92 Å². The van der Waals surface area contributed by atoms with Gasteiger partial charge < -0.3 is 15.4 Å². The predicted octanol–water partition coefficient (Wildman–Crippen LogP) is 5.78. The SMILES string of the molecule is CCCC[C@H](OC(=O)NC(c1ccccc1)C(C)(C)c1cccc(Cl)c1)C(=O)N[C@@H](C)C[C@@H]1CCN(O)C1=O. The number of hydrogen-bond donors (Lipinski definition) is 3. The maximum atomic E-state index is 13.3. The van der Waals surface area contributed by atoms with Gasteiger partial charge in [-0.15, -0.1) is 0 Å². The zero-order chi connectivity index (χ0) is 28.6. The zero-order valence-electron chi connectivity index (χ0n) is 23.2. The van der Waals surface area contributed by atoms with Crippen LogP contribution in [-0.4, -0.2) is 46.9 Å². The monoisotopic (exact) mass is 557 g/mol. The third kappa shape index (κ3) is 8.19. The van der Waals surface area contributed by atoms with Gasteiger partial charge in [0.05, 0.1) is 6.04 Å². The van der Waals surface area contributed by atoms with E-state index in [0.717, 1.165) is 22.6 Å². The molecule has 0 aromatic heterocycles. The number of alkyl carbamates (subject to hydrolysis) is 1. The minimum Gasteiger partial charge on any atom is -0.436 e. The quantitative estimate of drug-likeness (QED) is 0.287. The van der Waals surface area contributed by atoms with Gasteiger partial charge in [0.25, 0.3) is 5.91 Å². The van der Waals surface area contributed by atoms with Crippen LogP contribution in [0.3, 0.4) is 0 Å². The fourth-order valence-corrected chi connectivity index (χ4v) is 5.25. The maximum Gasteiger partial charge on any atom is 0.408 e. The maximum absolute atomic E-state index is 13.3. The summed E-state index contributed by atoms with van der Waals surface area (Å²) in [6, 6.07) is 16.4. The van der Waals surface area contributed by atoms with Crippen molar-refractivity contribution in [1.82, 2.24) is 15.7 Å². The molecule has 1 unspecified atom stereocenters. The van der Waals surface area contributed by atoms with Crippen molar-refractivity contribution < 1.29 is 24.3 Å². The third-order valence-corrected chi connectivity index (χ3v) is 7.60. The van der Waals surface area contributed by atoms with Crippen molar-refractivity contribution in [3.63, 3.8) is 0 Å². The fourth-order valence-electron chi connectivity index (χ4n) is 5.06. The molecule has 1 aliphatic heterocycles. The van der Waals surface area contributed by atoms with Gasteiger partial charge in [0.15, 0.2) is 6.10 Å². The first-order chi connectivity index (χ1) is 18.5. The Morgan fingerprint density at radius 3 is 2.49 bits per heavy atom. The molecule has 1 saturated heterocycles. The van der Waals surface area contributed by atoms with Gasteiger partial charge in [-0.25, -0.2) is 9.86 Å². The molecule has 0 aliphatic carbocycles. The Morgan fingerprint density at radius 1 is 1.15 bits per heavy atom. The van der Waals surface area contributed by atoms with Gasteiger partial charge in [-0.2, -0.15) is 0 Å². The topological polar surface area (TPSA) is 108 Å². The molecular weight excluding hydrogens is 518 g/mol. The van der Waals surface area contributed by atoms with Gasteiger partial charge in [0.1, 0.15) is 0 Å². The number of halogens is 1. The highest BCUT2D eigenvalue weighted by Crippen LogP contribution is 2.38. The van der Waals surface area contributed by atoms with E-state index in [1.807, 2.05) is 69.3 Å². The number of nitrogens with zero attached hydrogens (tertiary/aromatic N) is 1. The molecule has 3 amide bonds. The van der Waals surface area contributed by atoms with Crippen LogP contribution in [0.25, 0.3) is 0 Å². The summed E-state index contributed by atoms with van der Waals surface area (Å²) in [5.74, 6) is -1.07. The number of amides is 3. The Morgan fingerprint density at radius 2 is 1.87 bits per heavy atom. The third-order valence-electron chi connectivity index (χ3n) is 7.37. The molecule has 1 fully saturated rings. The normalized spacial score (nSPS) is 17.8. The summed E-state index contributed by atoms with van der Waals surface area (Å²) in [6.45, 7) is 8.15. The molecule has 8 nitrogen and oxygen atoms in total. The van der Waals surface area contributed by atoms with E-state index in [1.165, 1.54) is 0 Å². The van der Waals surface area contributed by atoms with E-state index in [1.54, 1.807) is 13.0 Å². The van der Waals surface area contributed by atoms with Crippen LogP contribution >= 0.6 is 11.6 Å². The number of rotatable bonds is 12. The number of carbonyl (C=O) groups excluding carboxylic acids is 3. The lowest BCUT2D eigenvalue weighted by Gasteiger charge is -2.36. The highest BCUT2D eigenvalue weighted by Gasteiger charge is 2.36. The molecule has 3 N–H and O–H groups in total. The highest BCUT2D eigenvalue weighted by atomic mass is 35.5. The molecule has 39 heavy (non-hydrogen) atoms. The van der Waals surface area contributed by atoms with E-state index in [-0.39, 0.29) is 17.9 Å². The first kappa shape index (κ1) is 30.4. The van der Waals surface area contributed by atoms with Crippen LogP contribution in [0.5, 0.6) is 0 Å². The summed E-state index contributed by atoms with van der Waals surface area (Å²) in [6.07, 6.45) is 1.19. The minimum absolute atomic E-state index is 0.292. The summed E-state index contributed by atoms with van der Waals surface area (Å²) in [5.41, 5.74) is 1.28. The zero-order valence-corrected chi connectivity index (χ0v) is 23.9. The van der Waals surface area contributed by atoms with Crippen LogP contribution in [0, 0.1) is 5.92 Å². The average molecular weight is 558 g/mol. The molecule has 0 saturated carbocycles. The van der Waals surface area contributed by atoms with Crippen molar-refractivity contribution in [1.29, 1.82) is 0 Å². The summed E-state index contributed by atoms with van der Waals surface area (Å²) >= 11 is 6.28. The largest absolute Gasteiger partial charge is 0.436 e. The smallest absolute Gasteiger partial charge is 0.408 e. The highest BCUT2D eigenvalue weighted by molar-refractivity contribution is 6.30. The summed E-state index contributed by atoms with van der Waals surface area (Å²) in [7, 11) is 0. The first-order valence-electron chi connectivity index (χ1n) is 13.6. The molecular formula is C30H40ClN3O5. The molecule has 212 valence electrons. The van der Waals surface area contributed by atoms with Crippen molar-refractivity contribution in [2.45, 2.75) is 83.4 Å². The molecule has 2 aromatic carbocycles. The molecule has 4 atom stereocenters. The van der Waals surface area contributed by atoms with Gasteiger partial charge in [0, 0.05) is 28.9 Å². The van der Waals surface area contributed by atoms with Crippen LogP contribution in [0.4, 0.5) is 4.79 Å². The van der Waals surface area contributed by atoms with Crippen molar-refractivity contribution in [3.05, 3.63) is 70.7 Å². The van der Waals surface area contributed by atoms with Crippen molar-refractivity contribution >= 4 is 29.5 Å². The summed E-state index contributed by atoms with van der Waals surface area (Å²) < 4.78 is 5.73. The molecule has 9 heteroatoms. The number of benzene rings is 2. The molecule has 0 bridgehead atoms. The Kier molecular flexibility index (Phi) is 10.8. The van der Waals surface area contributed by atoms with Gasteiger partial charge >= 0.3 is 6.09 Å². The lowest BCUT2D eigenvalue weighted by Crippen LogP contribution is -2.46. The minimum atomic E-state index is -0.980. The van der Waals surface area contributed by atoms with Gasteiger partial charge in [-0.3, -0.25) is 14.8 Å². The van der Waals surface area contributed by atoms with Crippen LogP contribution in [0.15, 0.2) is 54.6 Å². The number of nitrogens with one attached hydrogen (secondary N) is 2. The second kappa shape index (κ2) is 13.8. The Labute approximate surface area is 236 Å². The van der Waals surface area contributed by atoms with E-state index in [2.05, 4.69) is 10.6 Å². The van der Waals surface area contributed by atoms with Gasteiger partial charge in [-0.1, -0.05) is 81.3 Å². The molecule has 0 spiro atoms. The molecule has 2 aromatic rings. The second-order valence-corrected chi connectivity index (χ2v) is 11.3. The summed E-state index contributed by atoms with van der Waals surface area (Å²) in [5, 5.41) is 16.8. The Bertz CT molecular complexity index is 1130. The molecule has 1 heterocycles. The lowest BCUT2D eigenvalue weighted by molar-refractivity contribution is -0.160. The molecule has 3 rings (SSSR count).